The predicted octanol–water partition coefficient (Wildman–Crippen LogP) is 4.55. The molecule has 96 valence electrons. The Morgan fingerprint density at radius 1 is 1.11 bits per heavy atom. The highest BCUT2D eigenvalue weighted by Gasteiger charge is 2.01. The van der Waals surface area contributed by atoms with Crippen LogP contribution in [-0.2, 0) is 6.54 Å². The van der Waals surface area contributed by atoms with E-state index < -0.39 is 0 Å². The summed E-state index contributed by atoms with van der Waals surface area (Å²) in [5.74, 6) is 0. The van der Waals surface area contributed by atoms with Crippen molar-refractivity contribution in [3.05, 3.63) is 63.1 Å². The average Bonchev–Trinajstić information content (AvgIpc) is 2.41. The summed E-state index contributed by atoms with van der Waals surface area (Å²) in [6, 6.07) is 14.2. The molecule has 0 aliphatic rings. The largest absolute Gasteiger partial charge is 0.381 e. The molecule has 0 aliphatic carbocycles. The molecule has 0 fully saturated rings. The molecule has 2 aromatic carbocycles. The molecular formula is C16H15BrN2. The third-order valence-electron chi connectivity index (χ3n) is 3.11. The van der Waals surface area contributed by atoms with Gasteiger partial charge in [0, 0.05) is 16.7 Å². The lowest BCUT2D eigenvalue weighted by atomic mass is 10.1. The second-order valence-corrected chi connectivity index (χ2v) is 5.42. The van der Waals surface area contributed by atoms with E-state index in [1.54, 1.807) is 0 Å². The van der Waals surface area contributed by atoms with Crippen molar-refractivity contribution in [3.63, 3.8) is 0 Å². The third kappa shape index (κ3) is 3.36. The molecule has 2 nitrogen and oxygen atoms in total. The highest BCUT2D eigenvalue weighted by atomic mass is 79.9. The van der Waals surface area contributed by atoms with Gasteiger partial charge in [0.15, 0.2) is 0 Å². The number of anilines is 1. The summed E-state index contributed by atoms with van der Waals surface area (Å²) in [4.78, 5) is 0. The van der Waals surface area contributed by atoms with E-state index in [0.29, 0.717) is 5.56 Å². The first-order valence-electron chi connectivity index (χ1n) is 6.10. The Balaban J connectivity index is 2.10. The van der Waals surface area contributed by atoms with Gasteiger partial charge in [0.1, 0.15) is 0 Å². The zero-order valence-electron chi connectivity index (χ0n) is 11.0. The predicted molar refractivity (Wildman–Crippen MR) is 82.1 cm³/mol. The first-order chi connectivity index (χ1) is 9.10. The molecule has 0 heterocycles. The highest BCUT2D eigenvalue weighted by Crippen LogP contribution is 2.21. The number of hydrogen-bond acceptors (Lipinski definition) is 2. The van der Waals surface area contributed by atoms with Gasteiger partial charge in [-0.25, -0.2) is 0 Å². The van der Waals surface area contributed by atoms with Gasteiger partial charge in [-0.15, -0.1) is 0 Å². The second kappa shape index (κ2) is 5.90. The standard InChI is InChI=1S/C16H15BrN2/c1-11-7-13(9-18)3-4-14(11)10-19-15-5-6-16(17)12(2)8-15/h3-8,19H,10H2,1-2H3. The van der Waals surface area contributed by atoms with Crippen molar-refractivity contribution in [2.45, 2.75) is 20.4 Å². The summed E-state index contributed by atoms with van der Waals surface area (Å²) >= 11 is 3.49. The minimum atomic E-state index is 0.709. The highest BCUT2D eigenvalue weighted by molar-refractivity contribution is 9.10. The number of rotatable bonds is 3. The molecule has 0 saturated carbocycles. The Morgan fingerprint density at radius 3 is 2.53 bits per heavy atom. The van der Waals surface area contributed by atoms with Crippen molar-refractivity contribution in [1.29, 1.82) is 5.26 Å². The van der Waals surface area contributed by atoms with E-state index in [4.69, 9.17) is 5.26 Å². The topological polar surface area (TPSA) is 35.8 Å². The Kier molecular flexibility index (Phi) is 4.24. The molecule has 3 heteroatoms. The molecular weight excluding hydrogens is 300 g/mol. The summed E-state index contributed by atoms with van der Waals surface area (Å²) in [6.45, 7) is 4.87. The molecule has 0 aromatic heterocycles. The van der Waals surface area contributed by atoms with Crippen molar-refractivity contribution in [2.24, 2.45) is 0 Å². The van der Waals surface area contributed by atoms with Crippen LogP contribution in [0.25, 0.3) is 0 Å². The smallest absolute Gasteiger partial charge is 0.0991 e. The minimum Gasteiger partial charge on any atom is -0.381 e. The zero-order valence-corrected chi connectivity index (χ0v) is 12.6. The fourth-order valence-electron chi connectivity index (χ4n) is 1.92. The van der Waals surface area contributed by atoms with Gasteiger partial charge in [-0.1, -0.05) is 22.0 Å². The summed E-state index contributed by atoms with van der Waals surface area (Å²) in [5.41, 5.74) is 5.37. The lowest BCUT2D eigenvalue weighted by Crippen LogP contribution is -2.01. The summed E-state index contributed by atoms with van der Waals surface area (Å²) in [6.07, 6.45) is 0. The van der Waals surface area contributed by atoms with Crippen LogP contribution in [0.3, 0.4) is 0 Å². The van der Waals surface area contributed by atoms with Crippen molar-refractivity contribution < 1.29 is 0 Å². The van der Waals surface area contributed by atoms with Gasteiger partial charge >= 0.3 is 0 Å². The number of nitriles is 1. The summed E-state index contributed by atoms with van der Waals surface area (Å²) < 4.78 is 1.12. The molecule has 0 spiro atoms. The van der Waals surface area contributed by atoms with Gasteiger partial charge in [-0.05, 0) is 60.9 Å². The van der Waals surface area contributed by atoms with Crippen molar-refractivity contribution >= 4 is 21.6 Å². The fourth-order valence-corrected chi connectivity index (χ4v) is 2.16. The number of benzene rings is 2. The van der Waals surface area contributed by atoms with Gasteiger partial charge < -0.3 is 5.32 Å². The lowest BCUT2D eigenvalue weighted by Gasteiger charge is -2.10. The van der Waals surface area contributed by atoms with Gasteiger partial charge in [0.2, 0.25) is 0 Å². The molecule has 1 N–H and O–H groups in total. The van der Waals surface area contributed by atoms with Gasteiger partial charge in [-0.3, -0.25) is 0 Å². The van der Waals surface area contributed by atoms with Gasteiger partial charge in [0.25, 0.3) is 0 Å². The maximum absolute atomic E-state index is 8.85. The van der Waals surface area contributed by atoms with Crippen LogP contribution in [0, 0.1) is 25.2 Å². The van der Waals surface area contributed by atoms with E-state index in [-0.39, 0.29) is 0 Å². The van der Waals surface area contributed by atoms with Crippen LogP contribution in [0.15, 0.2) is 40.9 Å². The molecule has 19 heavy (non-hydrogen) atoms. The SMILES string of the molecule is Cc1cc(NCc2ccc(C#N)cc2C)ccc1Br. The van der Waals surface area contributed by atoms with E-state index in [2.05, 4.69) is 46.4 Å². The van der Waals surface area contributed by atoms with E-state index in [1.807, 2.05) is 31.2 Å². The molecule has 0 radical (unpaired) electrons. The van der Waals surface area contributed by atoms with Crippen molar-refractivity contribution in [3.8, 4) is 6.07 Å². The van der Waals surface area contributed by atoms with E-state index in [1.165, 1.54) is 11.1 Å². The van der Waals surface area contributed by atoms with E-state index in [0.717, 1.165) is 22.3 Å². The molecule has 0 aliphatic heterocycles. The monoisotopic (exact) mass is 314 g/mol. The Morgan fingerprint density at radius 2 is 1.89 bits per heavy atom. The van der Waals surface area contributed by atoms with Crippen LogP contribution in [0.1, 0.15) is 22.3 Å². The van der Waals surface area contributed by atoms with Crippen LogP contribution in [0.2, 0.25) is 0 Å². The normalized spacial score (nSPS) is 10.0. The molecule has 0 bridgehead atoms. The molecule has 2 aromatic rings. The van der Waals surface area contributed by atoms with Crippen LogP contribution < -0.4 is 5.32 Å². The third-order valence-corrected chi connectivity index (χ3v) is 4.00. The first kappa shape index (κ1) is 13.6. The molecule has 0 atom stereocenters. The molecule has 0 amide bonds. The number of aryl methyl sites for hydroxylation is 2. The summed E-state index contributed by atoms with van der Waals surface area (Å²) in [7, 11) is 0. The maximum Gasteiger partial charge on any atom is 0.0991 e. The molecule has 0 unspecified atom stereocenters. The molecule has 0 saturated heterocycles. The van der Waals surface area contributed by atoms with Crippen molar-refractivity contribution in [2.75, 3.05) is 5.32 Å². The Hall–Kier alpha value is -1.79. The van der Waals surface area contributed by atoms with Gasteiger partial charge in [0.05, 0.1) is 11.6 Å². The quantitative estimate of drug-likeness (QED) is 0.902. The van der Waals surface area contributed by atoms with Crippen LogP contribution in [-0.4, -0.2) is 0 Å². The average molecular weight is 315 g/mol. The summed E-state index contributed by atoms with van der Waals surface area (Å²) in [5, 5.41) is 12.3. The first-order valence-corrected chi connectivity index (χ1v) is 6.89. The number of halogens is 1. The zero-order chi connectivity index (χ0) is 13.8. The fraction of sp³-hybridized carbons (Fsp3) is 0.188. The lowest BCUT2D eigenvalue weighted by molar-refractivity contribution is 1.11. The molecule has 2 rings (SSSR count). The minimum absolute atomic E-state index is 0.709. The van der Waals surface area contributed by atoms with Crippen LogP contribution in [0.5, 0.6) is 0 Å². The number of hydrogen-bond donors (Lipinski definition) is 1. The van der Waals surface area contributed by atoms with Gasteiger partial charge in [-0.2, -0.15) is 5.26 Å². The second-order valence-electron chi connectivity index (χ2n) is 4.57. The number of nitrogens with one attached hydrogen (secondary N) is 1. The number of nitrogens with zero attached hydrogens (tertiary/aromatic N) is 1. The van der Waals surface area contributed by atoms with Crippen LogP contribution in [0.4, 0.5) is 5.69 Å². The van der Waals surface area contributed by atoms with E-state index in [9.17, 15) is 0 Å². The van der Waals surface area contributed by atoms with Crippen molar-refractivity contribution in [1.82, 2.24) is 0 Å². The Bertz CT molecular complexity index is 642. The Labute approximate surface area is 122 Å². The van der Waals surface area contributed by atoms with E-state index >= 15 is 0 Å². The van der Waals surface area contributed by atoms with Crippen LogP contribution >= 0.6 is 15.9 Å². The maximum atomic E-state index is 8.85.